The second-order valence-corrected chi connectivity index (χ2v) is 8.96. The number of ether oxygens (including phenoxy) is 2. The fourth-order valence-corrected chi connectivity index (χ4v) is 4.53. The molecule has 2 aliphatic rings. The number of likely N-dealkylation sites (N-methyl/N-ethyl adjacent to an activating group) is 1. The summed E-state index contributed by atoms with van der Waals surface area (Å²) in [6.45, 7) is 9.60. The van der Waals surface area contributed by atoms with E-state index >= 15 is 0 Å². The third-order valence-corrected chi connectivity index (χ3v) is 6.60. The molecule has 9 nitrogen and oxygen atoms in total. The number of amides is 2. The van der Waals surface area contributed by atoms with Crippen molar-refractivity contribution in [2.24, 2.45) is 5.92 Å². The first kappa shape index (κ1) is 25.5. The van der Waals surface area contributed by atoms with Gasteiger partial charge in [-0.1, -0.05) is 6.92 Å². The second-order valence-electron chi connectivity index (χ2n) is 8.96. The van der Waals surface area contributed by atoms with E-state index in [1.54, 1.807) is 29.2 Å². The van der Waals surface area contributed by atoms with Crippen LogP contribution in [0.25, 0.3) is 0 Å². The Balaban J connectivity index is 1.22. The van der Waals surface area contributed by atoms with Gasteiger partial charge in [0.25, 0.3) is 5.91 Å². The number of carbonyl (C=O) groups is 3. The average molecular weight is 495 g/mol. The third-order valence-electron chi connectivity index (χ3n) is 6.60. The highest BCUT2D eigenvalue weighted by Crippen LogP contribution is 2.27. The van der Waals surface area contributed by atoms with Crippen molar-refractivity contribution >= 4 is 34.8 Å². The van der Waals surface area contributed by atoms with E-state index in [0.717, 1.165) is 44.2 Å². The number of esters is 1. The number of piperazine rings is 1. The molecule has 0 aromatic heterocycles. The van der Waals surface area contributed by atoms with E-state index in [1.807, 2.05) is 31.2 Å². The van der Waals surface area contributed by atoms with E-state index in [9.17, 15) is 14.4 Å². The van der Waals surface area contributed by atoms with Crippen molar-refractivity contribution in [2.75, 3.05) is 67.6 Å². The van der Waals surface area contributed by atoms with Crippen LogP contribution in [-0.2, 0) is 19.1 Å². The van der Waals surface area contributed by atoms with Gasteiger partial charge in [-0.3, -0.25) is 14.4 Å². The van der Waals surface area contributed by atoms with Crippen molar-refractivity contribution < 1.29 is 23.9 Å². The monoisotopic (exact) mass is 494 g/mol. The van der Waals surface area contributed by atoms with Crippen LogP contribution in [0.5, 0.6) is 5.75 Å². The fourth-order valence-electron chi connectivity index (χ4n) is 4.53. The SMILES string of the molecule is CCOc1ccc(N2CC(C(=O)OCC(=O)Nc3ccc(N4CCN(CC)CC4)cc3)CC2=O)cc1. The maximum atomic E-state index is 12.5. The number of anilines is 3. The number of rotatable bonds is 9. The lowest BCUT2D eigenvalue weighted by Gasteiger charge is -2.35. The first-order valence-corrected chi connectivity index (χ1v) is 12.5. The average Bonchev–Trinajstić information content (AvgIpc) is 3.30. The molecular weight excluding hydrogens is 460 g/mol. The molecule has 2 aromatic carbocycles. The molecule has 4 rings (SSSR count). The summed E-state index contributed by atoms with van der Waals surface area (Å²) < 4.78 is 10.6. The van der Waals surface area contributed by atoms with Crippen molar-refractivity contribution in [3.05, 3.63) is 48.5 Å². The van der Waals surface area contributed by atoms with Gasteiger partial charge in [-0.15, -0.1) is 0 Å². The third kappa shape index (κ3) is 6.34. The first-order chi connectivity index (χ1) is 17.5. The molecule has 2 saturated heterocycles. The van der Waals surface area contributed by atoms with Crippen molar-refractivity contribution in [1.29, 1.82) is 0 Å². The summed E-state index contributed by atoms with van der Waals surface area (Å²) in [5.41, 5.74) is 2.47. The topological polar surface area (TPSA) is 91.4 Å². The Bertz CT molecular complexity index is 1050. The Labute approximate surface area is 211 Å². The van der Waals surface area contributed by atoms with Crippen LogP contribution >= 0.6 is 0 Å². The Morgan fingerprint density at radius 3 is 2.25 bits per heavy atom. The van der Waals surface area contributed by atoms with E-state index in [4.69, 9.17) is 9.47 Å². The normalized spacial score (nSPS) is 18.3. The number of benzene rings is 2. The minimum atomic E-state index is -0.607. The summed E-state index contributed by atoms with van der Waals surface area (Å²) in [5.74, 6) is -1.00. The van der Waals surface area contributed by atoms with Gasteiger partial charge in [0.1, 0.15) is 5.75 Å². The molecule has 0 radical (unpaired) electrons. The standard InChI is InChI=1S/C27H34N4O5/c1-3-29-13-15-30(16-14-29)22-7-5-21(6-8-22)28-25(32)19-36-27(34)20-17-26(33)31(18-20)23-9-11-24(12-10-23)35-4-2/h5-12,20H,3-4,13-19H2,1-2H3,(H,28,32). The highest BCUT2D eigenvalue weighted by atomic mass is 16.5. The molecule has 2 aromatic rings. The van der Waals surface area contributed by atoms with Crippen LogP contribution in [0.4, 0.5) is 17.1 Å². The van der Waals surface area contributed by atoms with Crippen LogP contribution < -0.4 is 19.9 Å². The molecule has 1 unspecified atom stereocenters. The number of hydrogen-bond acceptors (Lipinski definition) is 7. The summed E-state index contributed by atoms with van der Waals surface area (Å²) in [6, 6.07) is 14.9. The molecule has 0 aliphatic carbocycles. The Morgan fingerprint density at radius 2 is 1.61 bits per heavy atom. The van der Waals surface area contributed by atoms with Gasteiger partial charge in [-0.05, 0) is 62.0 Å². The lowest BCUT2D eigenvalue weighted by Crippen LogP contribution is -2.46. The number of carbonyl (C=O) groups excluding carboxylic acids is 3. The minimum Gasteiger partial charge on any atom is -0.494 e. The predicted molar refractivity (Wildman–Crippen MR) is 138 cm³/mol. The van der Waals surface area contributed by atoms with E-state index in [-0.39, 0.29) is 18.9 Å². The lowest BCUT2D eigenvalue weighted by molar-refractivity contribution is -0.151. The minimum absolute atomic E-state index is 0.0572. The summed E-state index contributed by atoms with van der Waals surface area (Å²) in [7, 11) is 0. The van der Waals surface area contributed by atoms with Gasteiger partial charge >= 0.3 is 5.97 Å². The first-order valence-electron chi connectivity index (χ1n) is 12.5. The molecule has 1 N–H and O–H groups in total. The van der Waals surface area contributed by atoms with E-state index in [0.29, 0.717) is 18.0 Å². The van der Waals surface area contributed by atoms with Gasteiger partial charge in [0.05, 0.1) is 12.5 Å². The molecule has 2 aliphatic heterocycles. The smallest absolute Gasteiger partial charge is 0.311 e. The van der Waals surface area contributed by atoms with E-state index < -0.39 is 24.4 Å². The molecule has 9 heteroatoms. The molecule has 1 atom stereocenters. The Morgan fingerprint density at radius 1 is 0.944 bits per heavy atom. The highest BCUT2D eigenvalue weighted by molar-refractivity contribution is 6.00. The maximum Gasteiger partial charge on any atom is 0.311 e. The molecule has 0 bridgehead atoms. The molecule has 0 saturated carbocycles. The Kier molecular flexibility index (Phi) is 8.43. The second kappa shape index (κ2) is 11.9. The summed E-state index contributed by atoms with van der Waals surface area (Å²) in [5, 5.41) is 2.76. The van der Waals surface area contributed by atoms with Crippen LogP contribution in [0.15, 0.2) is 48.5 Å². The number of nitrogens with one attached hydrogen (secondary N) is 1. The van der Waals surface area contributed by atoms with Crippen LogP contribution in [0.3, 0.4) is 0 Å². The zero-order valence-corrected chi connectivity index (χ0v) is 20.9. The molecule has 2 fully saturated rings. The van der Waals surface area contributed by atoms with Crippen molar-refractivity contribution in [1.82, 2.24) is 4.90 Å². The summed E-state index contributed by atoms with van der Waals surface area (Å²) >= 11 is 0. The van der Waals surface area contributed by atoms with Gasteiger partial charge in [-0.25, -0.2) is 0 Å². The molecule has 36 heavy (non-hydrogen) atoms. The van der Waals surface area contributed by atoms with Crippen LogP contribution in [-0.4, -0.2) is 75.2 Å². The van der Waals surface area contributed by atoms with Crippen molar-refractivity contribution in [3.63, 3.8) is 0 Å². The molecule has 192 valence electrons. The summed E-state index contributed by atoms with van der Waals surface area (Å²) in [6.07, 6.45) is 0.0572. The highest BCUT2D eigenvalue weighted by Gasteiger charge is 2.36. The quantitative estimate of drug-likeness (QED) is 0.536. The number of hydrogen-bond donors (Lipinski definition) is 1. The zero-order chi connectivity index (χ0) is 25.5. The van der Waals surface area contributed by atoms with Gasteiger partial charge in [0.15, 0.2) is 6.61 Å². The maximum absolute atomic E-state index is 12.5. The predicted octanol–water partition coefficient (Wildman–Crippen LogP) is 2.76. The van der Waals surface area contributed by atoms with Gasteiger partial charge < -0.3 is 29.5 Å². The lowest BCUT2D eigenvalue weighted by atomic mass is 10.1. The molecular formula is C27H34N4O5. The van der Waals surface area contributed by atoms with Gasteiger partial charge in [0.2, 0.25) is 5.91 Å². The zero-order valence-electron chi connectivity index (χ0n) is 20.9. The van der Waals surface area contributed by atoms with E-state index in [2.05, 4.69) is 22.0 Å². The van der Waals surface area contributed by atoms with Crippen molar-refractivity contribution in [2.45, 2.75) is 20.3 Å². The Hall–Kier alpha value is -3.59. The molecule has 0 spiro atoms. The van der Waals surface area contributed by atoms with Crippen LogP contribution in [0.1, 0.15) is 20.3 Å². The van der Waals surface area contributed by atoms with Crippen LogP contribution in [0, 0.1) is 5.92 Å². The van der Waals surface area contributed by atoms with Crippen LogP contribution in [0.2, 0.25) is 0 Å². The van der Waals surface area contributed by atoms with E-state index in [1.165, 1.54) is 0 Å². The van der Waals surface area contributed by atoms with Gasteiger partial charge in [0, 0.05) is 56.2 Å². The number of nitrogens with zero attached hydrogens (tertiary/aromatic N) is 3. The summed E-state index contributed by atoms with van der Waals surface area (Å²) in [4.78, 5) is 43.6. The van der Waals surface area contributed by atoms with Crippen molar-refractivity contribution in [3.8, 4) is 5.75 Å². The molecule has 2 amide bonds. The fraction of sp³-hybridized carbons (Fsp3) is 0.444. The largest absolute Gasteiger partial charge is 0.494 e. The van der Waals surface area contributed by atoms with Gasteiger partial charge in [-0.2, -0.15) is 0 Å². The molecule has 2 heterocycles.